The summed E-state index contributed by atoms with van der Waals surface area (Å²) in [6, 6.07) is 0. The van der Waals surface area contributed by atoms with Gasteiger partial charge >= 0.3 is 0 Å². The molecule has 1 fully saturated rings. The highest BCUT2D eigenvalue weighted by atomic mass is 16.1. The minimum Gasteiger partial charge on any atom is -0.356 e. The fraction of sp³-hybridized carbons (Fsp3) is 0.933. The van der Waals surface area contributed by atoms with Crippen LogP contribution in [0.4, 0.5) is 0 Å². The first kappa shape index (κ1) is 15.5. The monoisotopic (exact) mass is 254 g/mol. The molecule has 1 amide bonds. The number of carbonyl (C=O) groups excluding carboxylic acids is 1. The van der Waals surface area contributed by atoms with Crippen LogP contribution in [0.1, 0.15) is 53.4 Å². The first-order chi connectivity index (χ1) is 8.39. The molecule has 0 radical (unpaired) electrons. The summed E-state index contributed by atoms with van der Waals surface area (Å²) in [5, 5.41) is 6.44. The van der Waals surface area contributed by atoms with Gasteiger partial charge in [0.2, 0.25) is 5.91 Å². The van der Waals surface area contributed by atoms with Gasteiger partial charge in [-0.2, -0.15) is 0 Å². The van der Waals surface area contributed by atoms with Crippen molar-refractivity contribution in [1.29, 1.82) is 0 Å². The summed E-state index contributed by atoms with van der Waals surface area (Å²) in [6.45, 7) is 11.9. The van der Waals surface area contributed by atoms with Gasteiger partial charge < -0.3 is 10.6 Å². The molecule has 0 bridgehead atoms. The molecule has 3 nitrogen and oxygen atoms in total. The van der Waals surface area contributed by atoms with Crippen LogP contribution in [-0.2, 0) is 4.79 Å². The Labute approximate surface area is 112 Å². The minimum atomic E-state index is 0.214. The molecule has 2 N–H and O–H groups in total. The molecule has 3 heteroatoms. The smallest absolute Gasteiger partial charge is 0.220 e. The Balaban J connectivity index is 2.13. The highest BCUT2D eigenvalue weighted by molar-refractivity contribution is 5.76. The third-order valence-corrected chi connectivity index (χ3v) is 4.30. The summed E-state index contributed by atoms with van der Waals surface area (Å²) in [6.07, 6.45) is 4.30. The summed E-state index contributed by atoms with van der Waals surface area (Å²) in [5.74, 6) is 1.44. The third-order valence-electron chi connectivity index (χ3n) is 4.30. The summed E-state index contributed by atoms with van der Waals surface area (Å²) >= 11 is 0. The van der Waals surface area contributed by atoms with E-state index in [1.807, 2.05) is 0 Å². The van der Waals surface area contributed by atoms with Crippen molar-refractivity contribution < 1.29 is 4.79 Å². The molecule has 0 spiro atoms. The van der Waals surface area contributed by atoms with E-state index in [1.54, 1.807) is 0 Å². The average Bonchev–Trinajstić information content (AvgIpc) is 2.29. The van der Waals surface area contributed by atoms with Crippen molar-refractivity contribution in [3.63, 3.8) is 0 Å². The summed E-state index contributed by atoms with van der Waals surface area (Å²) < 4.78 is 0. The van der Waals surface area contributed by atoms with E-state index >= 15 is 0 Å². The maximum Gasteiger partial charge on any atom is 0.220 e. The molecule has 1 heterocycles. The van der Waals surface area contributed by atoms with E-state index in [0.717, 1.165) is 32.0 Å². The lowest BCUT2D eigenvalue weighted by molar-refractivity contribution is -0.122. The number of hydrogen-bond acceptors (Lipinski definition) is 2. The summed E-state index contributed by atoms with van der Waals surface area (Å²) in [5.41, 5.74) is 0.215. The van der Waals surface area contributed by atoms with Gasteiger partial charge in [0, 0.05) is 13.0 Å². The van der Waals surface area contributed by atoms with Crippen LogP contribution in [0.3, 0.4) is 0 Å². The molecule has 1 unspecified atom stereocenters. The third kappa shape index (κ3) is 5.85. The van der Waals surface area contributed by atoms with Gasteiger partial charge in [0.05, 0.1) is 0 Å². The fourth-order valence-electron chi connectivity index (χ4n) is 2.24. The maximum atomic E-state index is 11.8. The van der Waals surface area contributed by atoms with Crippen molar-refractivity contribution >= 4 is 5.91 Å². The molecule has 0 aromatic carbocycles. The van der Waals surface area contributed by atoms with Crippen LogP contribution in [0, 0.1) is 17.3 Å². The molecule has 0 aliphatic carbocycles. The molecule has 1 aliphatic rings. The van der Waals surface area contributed by atoms with Gasteiger partial charge in [-0.3, -0.25) is 4.79 Å². The zero-order valence-electron chi connectivity index (χ0n) is 12.5. The van der Waals surface area contributed by atoms with Gasteiger partial charge in [0.25, 0.3) is 0 Å². The van der Waals surface area contributed by atoms with Gasteiger partial charge in [0.1, 0.15) is 0 Å². The van der Waals surface area contributed by atoms with E-state index in [0.29, 0.717) is 12.3 Å². The molecular formula is C15H30N2O. The number of piperidine rings is 1. The van der Waals surface area contributed by atoms with Gasteiger partial charge in [-0.05, 0) is 49.6 Å². The molecule has 1 rings (SSSR count). The van der Waals surface area contributed by atoms with Crippen molar-refractivity contribution in [3.05, 3.63) is 0 Å². The van der Waals surface area contributed by atoms with Gasteiger partial charge in [0.15, 0.2) is 0 Å². The quantitative estimate of drug-likeness (QED) is 0.791. The van der Waals surface area contributed by atoms with Crippen LogP contribution < -0.4 is 10.6 Å². The first-order valence-electron chi connectivity index (χ1n) is 7.37. The second-order valence-corrected chi connectivity index (χ2v) is 6.80. The topological polar surface area (TPSA) is 41.1 Å². The minimum absolute atomic E-state index is 0.214. The Kier molecular flexibility index (Phi) is 6.13. The van der Waals surface area contributed by atoms with Crippen molar-refractivity contribution in [2.24, 2.45) is 17.3 Å². The molecule has 0 aromatic heterocycles. The number of nitrogens with one attached hydrogen (secondary N) is 2. The lowest BCUT2D eigenvalue weighted by atomic mass is 9.80. The van der Waals surface area contributed by atoms with E-state index in [9.17, 15) is 4.79 Å². The predicted molar refractivity (Wildman–Crippen MR) is 76.5 cm³/mol. The van der Waals surface area contributed by atoms with E-state index in [1.165, 1.54) is 12.8 Å². The number of rotatable bonds is 5. The predicted octanol–water partition coefficient (Wildman–Crippen LogP) is 2.56. The highest BCUT2D eigenvalue weighted by Gasteiger charge is 2.22. The second-order valence-electron chi connectivity index (χ2n) is 6.80. The van der Waals surface area contributed by atoms with Gasteiger partial charge in [-0.15, -0.1) is 0 Å². The van der Waals surface area contributed by atoms with Gasteiger partial charge in [-0.25, -0.2) is 0 Å². The molecule has 0 saturated carbocycles. The van der Waals surface area contributed by atoms with Crippen LogP contribution in [-0.4, -0.2) is 25.5 Å². The normalized spacial score (nSPS) is 19.6. The van der Waals surface area contributed by atoms with Crippen LogP contribution >= 0.6 is 0 Å². The lowest BCUT2D eigenvalue weighted by Crippen LogP contribution is -2.33. The Hall–Kier alpha value is -0.570. The molecule has 1 saturated heterocycles. The van der Waals surface area contributed by atoms with Crippen molar-refractivity contribution in [2.75, 3.05) is 19.6 Å². The second kappa shape index (κ2) is 7.13. The Morgan fingerprint density at radius 3 is 2.50 bits per heavy atom. The molecule has 18 heavy (non-hydrogen) atoms. The molecule has 106 valence electrons. The number of amides is 1. The summed E-state index contributed by atoms with van der Waals surface area (Å²) in [7, 11) is 0. The van der Waals surface area contributed by atoms with E-state index in [4.69, 9.17) is 0 Å². The fourth-order valence-corrected chi connectivity index (χ4v) is 2.24. The Bertz CT molecular complexity index is 252. The first-order valence-corrected chi connectivity index (χ1v) is 7.37. The molecule has 1 atom stereocenters. The van der Waals surface area contributed by atoms with Crippen LogP contribution in [0.2, 0.25) is 0 Å². The number of hydrogen-bond donors (Lipinski definition) is 2. The standard InChI is InChI=1S/C15H30N2O/c1-12(15(2,3)4)11-14(18)17-10-7-13-5-8-16-9-6-13/h12-13,16H,5-11H2,1-4H3,(H,17,18). The zero-order chi connectivity index (χ0) is 13.6. The lowest BCUT2D eigenvalue weighted by Gasteiger charge is -2.27. The van der Waals surface area contributed by atoms with Crippen LogP contribution in [0.5, 0.6) is 0 Å². The Morgan fingerprint density at radius 1 is 1.33 bits per heavy atom. The summed E-state index contributed by atoms with van der Waals surface area (Å²) in [4.78, 5) is 11.8. The number of carbonyl (C=O) groups is 1. The average molecular weight is 254 g/mol. The largest absolute Gasteiger partial charge is 0.356 e. The van der Waals surface area contributed by atoms with E-state index < -0.39 is 0 Å². The Morgan fingerprint density at radius 2 is 1.94 bits per heavy atom. The highest BCUT2D eigenvalue weighted by Crippen LogP contribution is 2.27. The van der Waals surface area contributed by atoms with E-state index in [-0.39, 0.29) is 11.3 Å². The molecular weight excluding hydrogens is 224 g/mol. The van der Waals surface area contributed by atoms with Crippen molar-refractivity contribution in [2.45, 2.75) is 53.4 Å². The molecule has 1 aliphatic heterocycles. The maximum absolute atomic E-state index is 11.8. The van der Waals surface area contributed by atoms with E-state index in [2.05, 4.69) is 38.3 Å². The molecule has 0 aromatic rings. The van der Waals surface area contributed by atoms with Crippen LogP contribution in [0.25, 0.3) is 0 Å². The van der Waals surface area contributed by atoms with Crippen molar-refractivity contribution in [3.8, 4) is 0 Å². The van der Waals surface area contributed by atoms with Gasteiger partial charge in [-0.1, -0.05) is 27.7 Å². The zero-order valence-corrected chi connectivity index (χ0v) is 12.5. The van der Waals surface area contributed by atoms with Crippen LogP contribution in [0.15, 0.2) is 0 Å². The van der Waals surface area contributed by atoms with Crippen molar-refractivity contribution in [1.82, 2.24) is 10.6 Å². The SMILES string of the molecule is CC(CC(=O)NCCC1CCNCC1)C(C)(C)C.